The van der Waals surface area contributed by atoms with Gasteiger partial charge in [-0.3, -0.25) is 4.90 Å². The number of imidazole rings is 1. The van der Waals surface area contributed by atoms with E-state index in [0.717, 1.165) is 51.1 Å². The van der Waals surface area contributed by atoms with E-state index < -0.39 is 0 Å². The summed E-state index contributed by atoms with van der Waals surface area (Å²) >= 11 is 0. The lowest BCUT2D eigenvalue weighted by Gasteiger charge is -2.50. The Morgan fingerprint density at radius 3 is 2.61 bits per heavy atom. The average molecular weight is 321 g/mol. The smallest absolute Gasteiger partial charge is 0.122 e. The molecule has 0 aliphatic carbocycles. The number of aryl methyl sites for hydroxylation is 1. The van der Waals surface area contributed by atoms with Gasteiger partial charge in [-0.05, 0) is 18.3 Å². The van der Waals surface area contributed by atoms with Gasteiger partial charge in [0.05, 0.1) is 24.4 Å². The summed E-state index contributed by atoms with van der Waals surface area (Å²) in [5, 5.41) is 10.4. The Labute approximate surface area is 139 Å². The third-order valence-corrected chi connectivity index (χ3v) is 5.51. The Hall–Kier alpha value is -0.910. The number of piperidine rings is 1. The van der Waals surface area contributed by atoms with Crippen LogP contribution >= 0.6 is 0 Å². The van der Waals surface area contributed by atoms with Crippen molar-refractivity contribution in [2.75, 3.05) is 13.1 Å². The molecule has 3 heterocycles. The molecular weight excluding hydrogens is 290 g/mol. The normalized spacial score (nSPS) is 29.1. The zero-order chi connectivity index (χ0) is 16.7. The maximum Gasteiger partial charge on any atom is 0.122 e. The van der Waals surface area contributed by atoms with Crippen molar-refractivity contribution >= 4 is 0 Å². The number of nitrogens with zero attached hydrogens (tertiary/aromatic N) is 3. The van der Waals surface area contributed by atoms with Crippen LogP contribution in [-0.4, -0.2) is 50.5 Å². The zero-order valence-electron chi connectivity index (χ0n) is 15.0. The van der Waals surface area contributed by atoms with Crippen LogP contribution in [0.3, 0.4) is 0 Å². The summed E-state index contributed by atoms with van der Waals surface area (Å²) in [6, 6.07) is 0. The van der Waals surface area contributed by atoms with Crippen molar-refractivity contribution in [3.63, 3.8) is 0 Å². The Morgan fingerprint density at radius 1 is 1.35 bits per heavy atom. The molecule has 3 rings (SSSR count). The van der Waals surface area contributed by atoms with E-state index in [-0.39, 0.29) is 23.2 Å². The molecule has 0 radical (unpaired) electrons. The minimum absolute atomic E-state index is 0.0818. The predicted molar refractivity (Wildman–Crippen MR) is 90.0 cm³/mol. The van der Waals surface area contributed by atoms with Crippen LogP contribution in [0.25, 0.3) is 0 Å². The molecule has 2 fully saturated rings. The summed E-state index contributed by atoms with van der Waals surface area (Å²) in [4.78, 5) is 6.87. The van der Waals surface area contributed by atoms with E-state index in [1.54, 1.807) is 0 Å². The maximum atomic E-state index is 10.4. The predicted octanol–water partition coefficient (Wildman–Crippen LogP) is 2.34. The monoisotopic (exact) mass is 321 g/mol. The molecule has 23 heavy (non-hydrogen) atoms. The molecule has 1 N–H and O–H groups in total. The summed E-state index contributed by atoms with van der Waals surface area (Å²) < 4.78 is 8.63. The quantitative estimate of drug-likeness (QED) is 0.908. The molecule has 0 saturated carbocycles. The van der Waals surface area contributed by atoms with Gasteiger partial charge >= 0.3 is 0 Å². The molecule has 0 bridgehead atoms. The van der Waals surface area contributed by atoms with Crippen molar-refractivity contribution in [1.29, 1.82) is 0 Å². The lowest BCUT2D eigenvalue weighted by Crippen LogP contribution is -2.55. The number of hydrogen-bond acceptors (Lipinski definition) is 4. The summed E-state index contributed by atoms with van der Waals surface area (Å²) in [6.45, 7) is 9.54. The first-order valence-corrected chi connectivity index (χ1v) is 8.82. The van der Waals surface area contributed by atoms with Gasteiger partial charge in [0.25, 0.3) is 0 Å². The minimum Gasteiger partial charge on any atom is -0.393 e. The van der Waals surface area contributed by atoms with Gasteiger partial charge in [-0.2, -0.15) is 0 Å². The molecule has 2 saturated heterocycles. The third kappa shape index (κ3) is 3.78. The highest BCUT2D eigenvalue weighted by molar-refractivity contribution is 4.98. The summed E-state index contributed by atoms with van der Waals surface area (Å²) in [5.74, 6) is 1.11. The molecule has 2 atom stereocenters. The second-order valence-corrected chi connectivity index (χ2v) is 8.48. The highest BCUT2D eigenvalue weighted by atomic mass is 16.5. The Morgan fingerprint density at radius 2 is 2.04 bits per heavy atom. The Bertz CT molecular complexity index is 527. The van der Waals surface area contributed by atoms with Crippen LogP contribution in [0, 0.1) is 5.41 Å². The fourth-order valence-corrected chi connectivity index (χ4v) is 3.88. The SMILES string of the molecule is Cn1ccnc1CN1CCC2(CC1)C[C@H](O)C[C@H](C(C)(C)C)O2. The highest BCUT2D eigenvalue weighted by Crippen LogP contribution is 2.42. The topological polar surface area (TPSA) is 50.5 Å². The molecule has 2 aliphatic rings. The van der Waals surface area contributed by atoms with Crippen molar-refractivity contribution < 1.29 is 9.84 Å². The highest BCUT2D eigenvalue weighted by Gasteiger charge is 2.46. The molecule has 1 aromatic rings. The van der Waals surface area contributed by atoms with Crippen LogP contribution in [0.1, 0.15) is 52.3 Å². The lowest BCUT2D eigenvalue weighted by molar-refractivity contribution is -0.208. The van der Waals surface area contributed by atoms with Crippen LogP contribution in [0.4, 0.5) is 0 Å². The first kappa shape index (κ1) is 16.9. The number of aromatic nitrogens is 2. The van der Waals surface area contributed by atoms with Crippen LogP contribution in [0.2, 0.25) is 0 Å². The summed E-state index contributed by atoms with van der Waals surface area (Å²) in [5.41, 5.74) is -0.0494. The standard InChI is InChI=1S/C18H31N3O2/c1-17(2,3)15-11-14(22)12-18(23-15)5-8-21(9-6-18)13-16-19-7-10-20(16)4/h7,10,14-15,22H,5-6,8-9,11-13H2,1-4H3/t14-,15-/m1/s1. The Balaban J connectivity index is 1.61. The fraction of sp³-hybridized carbons (Fsp3) is 0.833. The number of aliphatic hydroxyl groups is 1. The number of aliphatic hydroxyl groups excluding tert-OH is 1. The van der Waals surface area contributed by atoms with Gasteiger partial charge in [-0.1, -0.05) is 20.8 Å². The average Bonchev–Trinajstić information content (AvgIpc) is 2.85. The van der Waals surface area contributed by atoms with Crippen LogP contribution in [0.5, 0.6) is 0 Å². The van der Waals surface area contributed by atoms with Crippen LogP contribution in [0.15, 0.2) is 12.4 Å². The van der Waals surface area contributed by atoms with E-state index in [2.05, 4.69) is 35.2 Å². The second kappa shape index (κ2) is 6.19. The number of likely N-dealkylation sites (tertiary alicyclic amines) is 1. The van der Waals surface area contributed by atoms with Crippen molar-refractivity contribution in [3.8, 4) is 0 Å². The van der Waals surface area contributed by atoms with Crippen molar-refractivity contribution in [1.82, 2.24) is 14.5 Å². The molecule has 0 unspecified atom stereocenters. The van der Waals surface area contributed by atoms with Crippen molar-refractivity contribution in [3.05, 3.63) is 18.2 Å². The molecule has 130 valence electrons. The van der Waals surface area contributed by atoms with Gasteiger partial charge < -0.3 is 14.4 Å². The molecule has 5 heteroatoms. The van der Waals surface area contributed by atoms with E-state index in [1.807, 2.05) is 19.4 Å². The number of ether oxygens (including phenoxy) is 1. The van der Waals surface area contributed by atoms with E-state index in [4.69, 9.17) is 4.74 Å². The molecular formula is C18H31N3O2. The fourth-order valence-electron chi connectivity index (χ4n) is 3.88. The van der Waals surface area contributed by atoms with Gasteiger partial charge in [-0.15, -0.1) is 0 Å². The molecule has 1 spiro atoms. The second-order valence-electron chi connectivity index (χ2n) is 8.48. The van der Waals surface area contributed by atoms with E-state index in [9.17, 15) is 5.11 Å². The van der Waals surface area contributed by atoms with Crippen LogP contribution in [-0.2, 0) is 18.3 Å². The molecule has 0 aromatic carbocycles. The van der Waals surface area contributed by atoms with Crippen LogP contribution < -0.4 is 0 Å². The van der Waals surface area contributed by atoms with E-state index in [0.29, 0.717) is 0 Å². The zero-order valence-corrected chi connectivity index (χ0v) is 15.0. The molecule has 1 aromatic heterocycles. The van der Waals surface area contributed by atoms with Gasteiger partial charge in [0, 0.05) is 45.4 Å². The van der Waals surface area contributed by atoms with Gasteiger partial charge in [0.2, 0.25) is 0 Å². The number of hydrogen-bond donors (Lipinski definition) is 1. The minimum atomic E-state index is -0.228. The largest absolute Gasteiger partial charge is 0.393 e. The summed E-state index contributed by atoms with van der Waals surface area (Å²) in [6.07, 6.45) is 7.33. The third-order valence-electron chi connectivity index (χ3n) is 5.51. The molecule has 2 aliphatic heterocycles. The van der Waals surface area contributed by atoms with Crippen molar-refractivity contribution in [2.45, 2.75) is 70.8 Å². The molecule has 0 amide bonds. The summed E-state index contributed by atoms with van der Waals surface area (Å²) in [7, 11) is 2.04. The number of rotatable bonds is 2. The van der Waals surface area contributed by atoms with Gasteiger partial charge in [0.1, 0.15) is 5.82 Å². The van der Waals surface area contributed by atoms with Gasteiger partial charge in [-0.25, -0.2) is 4.98 Å². The first-order chi connectivity index (χ1) is 10.8. The van der Waals surface area contributed by atoms with E-state index >= 15 is 0 Å². The maximum absolute atomic E-state index is 10.4. The molecule has 5 nitrogen and oxygen atoms in total. The van der Waals surface area contributed by atoms with E-state index in [1.165, 1.54) is 0 Å². The first-order valence-electron chi connectivity index (χ1n) is 8.82. The van der Waals surface area contributed by atoms with Crippen molar-refractivity contribution in [2.24, 2.45) is 12.5 Å². The lowest BCUT2D eigenvalue weighted by atomic mass is 9.76. The van der Waals surface area contributed by atoms with Gasteiger partial charge in [0.15, 0.2) is 0 Å². The Kier molecular flexibility index (Phi) is 4.55.